The second-order valence-electron chi connectivity index (χ2n) is 5.97. The number of nitrogens with zero attached hydrogens (tertiary/aromatic N) is 2. The lowest BCUT2D eigenvalue weighted by Crippen LogP contribution is -2.51. The summed E-state index contributed by atoms with van der Waals surface area (Å²) < 4.78 is 6.27. The topological polar surface area (TPSA) is 35.9 Å². The Morgan fingerprint density at radius 3 is 2.76 bits per heavy atom. The molecule has 118 valence electrons. The molecule has 1 heterocycles. The molecule has 1 aliphatic rings. The van der Waals surface area contributed by atoms with Crippen LogP contribution in [-0.4, -0.2) is 61.8 Å². The van der Waals surface area contributed by atoms with Crippen LogP contribution in [0.4, 0.5) is 0 Å². The molecule has 1 fully saturated rings. The molecule has 1 aromatic carbocycles. The molecule has 0 amide bonds. The summed E-state index contributed by atoms with van der Waals surface area (Å²) in [6, 6.07) is 6.67. The number of halogens is 1. The number of benzene rings is 1. The third kappa shape index (κ3) is 4.19. The number of likely N-dealkylation sites (tertiary alicyclic amines) is 1. The first-order valence-corrected chi connectivity index (χ1v) is 8.16. The lowest BCUT2D eigenvalue weighted by atomic mass is 9.91. The zero-order valence-corrected chi connectivity index (χ0v) is 14.6. The van der Waals surface area contributed by atoms with Gasteiger partial charge in [-0.25, -0.2) is 0 Å². The van der Waals surface area contributed by atoms with Gasteiger partial charge in [0.1, 0.15) is 5.75 Å². The highest BCUT2D eigenvalue weighted by molar-refractivity contribution is 9.10. The summed E-state index contributed by atoms with van der Waals surface area (Å²) >= 11 is 3.54. The van der Waals surface area contributed by atoms with Crippen LogP contribution < -0.4 is 4.74 Å². The van der Waals surface area contributed by atoms with Gasteiger partial charge in [-0.3, -0.25) is 4.90 Å². The molecular weight excluding hydrogens is 332 g/mol. The molecular formula is C16H25BrN2O2. The monoisotopic (exact) mass is 356 g/mol. The predicted octanol–water partition coefficient (Wildman–Crippen LogP) is 2.20. The molecule has 1 aromatic rings. The Kier molecular flexibility index (Phi) is 6.05. The van der Waals surface area contributed by atoms with Crippen molar-refractivity contribution >= 4 is 15.9 Å². The van der Waals surface area contributed by atoms with Crippen molar-refractivity contribution in [3.05, 3.63) is 28.2 Å². The fourth-order valence-electron chi connectivity index (χ4n) is 3.05. The highest BCUT2D eigenvalue weighted by Gasteiger charge is 2.30. The van der Waals surface area contributed by atoms with Gasteiger partial charge in [0.15, 0.2) is 0 Å². The smallest absolute Gasteiger partial charge is 0.133 e. The summed E-state index contributed by atoms with van der Waals surface area (Å²) in [5.41, 5.74) is 1.28. The van der Waals surface area contributed by atoms with E-state index in [0.29, 0.717) is 12.0 Å². The summed E-state index contributed by atoms with van der Waals surface area (Å²) in [5.74, 6) is 1.25. The number of rotatable bonds is 5. The summed E-state index contributed by atoms with van der Waals surface area (Å²) in [6.45, 7) is 3.26. The van der Waals surface area contributed by atoms with Crippen molar-refractivity contribution in [1.82, 2.24) is 9.80 Å². The minimum absolute atomic E-state index is 0.283. The minimum Gasteiger partial charge on any atom is -0.496 e. The Labute approximate surface area is 135 Å². The predicted molar refractivity (Wildman–Crippen MR) is 88.6 cm³/mol. The van der Waals surface area contributed by atoms with E-state index >= 15 is 0 Å². The lowest BCUT2D eigenvalue weighted by molar-refractivity contribution is 0.0461. The highest BCUT2D eigenvalue weighted by Crippen LogP contribution is 2.27. The van der Waals surface area contributed by atoms with Gasteiger partial charge >= 0.3 is 0 Å². The van der Waals surface area contributed by atoms with E-state index in [9.17, 15) is 5.11 Å². The van der Waals surface area contributed by atoms with Crippen molar-refractivity contribution in [1.29, 1.82) is 0 Å². The van der Waals surface area contributed by atoms with E-state index in [1.165, 1.54) is 5.56 Å². The van der Waals surface area contributed by atoms with Gasteiger partial charge in [0.2, 0.25) is 0 Å². The summed E-state index contributed by atoms with van der Waals surface area (Å²) in [6.07, 6.45) is 1.05. The van der Waals surface area contributed by atoms with Crippen LogP contribution in [0.2, 0.25) is 0 Å². The molecule has 0 saturated carbocycles. The van der Waals surface area contributed by atoms with Gasteiger partial charge in [-0.2, -0.15) is 0 Å². The largest absolute Gasteiger partial charge is 0.496 e. The molecule has 1 saturated heterocycles. The number of hydrogen-bond donors (Lipinski definition) is 1. The Morgan fingerprint density at radius 1 is 1.43 bits per heavy atom. The summed E-state index contributed by atoms with van der Waals surface area (Å²) in [4.78, 5) is 4.70. The second kappa shape index (κ2) is 7.58. The third-order valence-electron chi connectivity index (χ3n) is 4.33. The maximum absolute atomic E-state index is 9.52. The number of hydrogen-bond acceptors (Lipinski definition) is 4. The first-order chi connectivity index (χ1) is 10.0. The van der Waals surface area contributed by atoms with Gasteiger partial charge in [0, 0.05) is 25.7 Å². The molecule has 0 spiro atoms. The van der Waals surface area contributed by atoms with Crippen molar-refractivity contribution in [2.75, 3.05) is 40.9 Å². The Bertz CT molecular complexity index is 468. The van der Waals surface area contributed by atoms with E-state index in [1.54, 1.807) is 7.11 Å². The average Bonchev–Trinajstić information content (AvgIpc) is 2.47. The van der Waals surface area contributed by atoms with E-state index in [4.69, 9.17) is 4.74 Å². The van der Waals surface area contributed by atoms with Crippen molar-refractivity contribution in [2.24, 2.45) is 5.92 Å². The highest BCUT2D eigenvalue weighted by atomic mass is 79.9. The number of likely N-dealkylation sites (N-methyl/N-ethyl adjacent to an activating group) is 1. The summed E-state index contributed by atoms with van der Waals surface area (Å²) in [5, 5.41) is 9.52. The molecule has 2 atom stereocenters. The molecule has 1 N–H and O–H groups in total. The van der Waals surface area contributed by atoms with E-state index < -0.39 is 0 Å². The SMILES string of the molecule is COc1ccc(CN2CC[C@H](CO)[C@H](N(C)C)C2)cc1Br. The summed E-state index contributed by atoms with van der Waals surface area (Å²) in [7, 11) is 5.88. The van der Waals surface area contributed by atoms with Crippen molar-refractivity contribution in [2.45, 2.75) is 19.0 Å². The van der Waals surface area contributed by atoms with Crippen molar-refractivity contribution in [3.63, 3.8) is 0 Å². The molecule has 0 aromatic heterocycles. The number of methoxy groups -OCH3 is 1. The molecule has 0 bridgehead atoms. The quantitative estimate of drug-likeness (QED) is 0.877. The molecule has 0 unspecified atom stereocenters. The molecule has 0 radical (unpaired) electrons. The molecule has 0 aliphatic carbocycles. The fraction of sp³-hybridized carbons (Fsp3) is 0.625. The van der Waals surface area contributed by atoms with E-state index in [2.05, 4.69) is 52.0 Å². The van der Waals surface area contributed by atoms with E-state index in [-0.39, 0.29) is 6.61 Å². The van der Waals surface area contributed by atoms with Crippen LogP contribution in [0.3, 0.4) is 0 Å². The van der Waals surface area contributed by atoms with Crippen LogP contribution in [0.15, 0.2) is 22.7 Å². The van der Waals surface area contributed by atoms with Crippen LogP contribution in [0.1, 0.15) is 12.0 Å². The van der Waals surface area contributed by atoms with Gasteiger partial charge < -0.3 is 14.7 Å². The van der Waals surface area contributed by atoms with Gasteiger partial charge in [-0.1, -0.05) is 6.07 Å². The molecule has 1 aliphatic heterocycles. The normalized spacial score (nSPS) is 23.5. The Hall–Kier alpha value is -0.620. The number of piperidine rings is 1. The minimum atomic E-state index is 0.283. The number of ether oxygens (including phenoxy) is 1. The van der Waals surface area contributed by atoms with Gasteiger partial charge in [-0.05, 0) is 66.6 Å². The van der Waals surface area contributed by atoms with Gasteiger partial charge in [0.25, 0.3) is 0 Å². The maximum Gasteiger partial charge on any atom is 0.133 e. The Morgan fingerprint density at radius 2 is 2.19 bits per heavy atom. The average molecular weight is 357 g/mol. The third-order valence-corrected chi connectivity index (χ3v) is 4.95. The standard InChI is InChI=1S/C16H25BrN2O2/c1-18(2)15-10-19(7-6-13(15)11-20)9-12-4-5-16(21-3)14(17)8-12/h4-5,8,13,15,20H,6-7,9-11H2,1-3H3/t13-,15-/m1/s1. The van der Waals surface area contributed by atoms with Crippen LogP contribution in [-0.2, 0) is 6.54 Å². The zero-order valence-electron chi connectivity index (χ0n) is 13.1. The first kappa shape index (κ1) is 16.7. The molecule has 2 rings (SSSR count). The molecule has 4 nitrogen and oxygen atoms in total. The van der Waals surface area contributed by atoms with Crippen molar-refractivity contribution in [3.8, 4) is 5.75 Å². The second-order valence-corrected chi connectivity index (χ2v) is 6.82. The van der Waals surface area contributed by atoms with Crippen LogP contribution in [0, 0.1) is 5.92 Å². The van der Waals surface area contributed by atoms with Gasteiger partial charge in [0.05, 0.1) is 11.6 Å². The first-order valence-electron chi connectivity index (χ1n) is 7.37. The van der Waals surface area contributed by atoms with Crippen LogP contribution in [0.5, 0.6) is 5.75 Å². The molecule has 21 heavy (non-hydrogen) atoms. The zero-order chi connectivity index (χ0) is 15.4. The lowest BCUT2D eigenvalue weighted by Gasteiger charge is -2.41. The van der Waals surface area contributed by atoms with E-state index in [1.807, 2.05) is 6.07 Å². The van der Waals surface area contributed by atoms with Crippen LogP contribution in [0.25, 0.3) is 0 Å². The van der Waals surface area contributed by atoms with Crippen LogP contribution >= 0.6 is 15.9 Å². The number of aliphatic hydroxyl groups excluding tert-OH is 1. The molecule has 5 heteroatoms. The fourth-order valence-corrected chi connectivity index (χ4v) is 3.64. The van der Waals surface area contributed by atoms with E-state index in [0.717, 1.165) is 36.3 Å². The number of aliphatic hydroxyl groups is 1. The maximum atomic E-state index is 9.52. The van der Waals surface area contributed by atoms with Crippen molar-refractivity contribution < 1.29 is 9.84 Å². The Balaban J connectivity index is 2.01. The van der Waals surface area contributed by atoms with Gasteiger partial charge in [-0.15, -0.1) is 0 Å².